The maximum atomic E-state index is 12.8. The predicted octanol–water partition coefficient (Wildman–Crippen LogP) is 10.6. The number of anilines is 4. The first-order valence-electron chi connectivity index (χ1n) is 42.3. The quantitative estimate of drug-likeness (QED) is 0.0435. The van der Waals surface area contributed by atoms with Crippen LogP contribution in [-0.2, 0) is 28.7 Å². The standard InChI is InChI=1S/C26H34N6O3.C21H26N6O.C18H19BrN4O.C15H17N5.C8H16N2O2.C2H3BrO2/c1-17-9-18(10-21(33)16-31-14-20(15-31)30-25(34)35-26(2,3)4)13-32(12-17)22-6-5-19(11-27)23-24(22)29-8-7-28-23;1-14-6-15(7-18(28)13-26-11-17(23)12-26)10-27(9-14)19-3-2-16(8-22)20-21(19)25-5-4-24-20;1-12-6-13(7-15(24)8-19)11-23(10-12)16-3-2-14(9-20)17-18(16)22-5-4-21-17;1-10-6-12(17)9-20(8-10)13-3-2-11(7-16)14-15(13)19-5-4-18-14;1-8(2,3)12-7(11)10-6-4-9-5-6;3-1-2(4)5/h5-8,17-18,20H,9-10,12-16H2,1-4H3,(H,30,34);2-5,14-15,17H,6-7,9-13,23H2,1H3;2-5,12-13H,6-8,10-11H2,1H3;2-5,10,12H,6,8-9,17H2,1H3;6,9H,4-5H2,1-3H3,(H,10,11);1H2,(H,4,5)/t17-,18-;14-,15-;12-,13-;10-,12+;;/m0000../s1. The summed E-state index contributed by atoms with van der Waals surface area (Å²) in [6.45, 7) is 32.5. The number of carboxylic acid groups (broad SMARTS) is 1. The molecule has 8 atom stereocenters. The summed E-state index contributed by atoms with van der Waals surface area (Å²) in [7, 11) is 0. The van der Waals surface area contributed by atoms with E-state index in [0.717, 1.165) is 149 Å². The van der Waals surface area contributed by atoms with Crippen LogP contribution < -0.4 is 47.0 Å². The highest BCUT2D eigenvalue weighted by Crippen LogP contribution is 2.38. The zero-order chi connectivity index (χ0) is 89.5. The molecule has 0 aliphatic carbocycles. The number of nitriles is 4. The molecule has 8 aromatic rings. The Morgan fingerprint density at radius 1 is 0.419 bits per heavy atom. The SMILES string of the molecule is CC(C)(C)OC(=O)NC1CNC1.C[C@H]1C[C@@H](CC(=O)CBr)CN(c2ccc(C#N)c3nccnc23)C1.C[C@H]1C[C@@H](CC(=O)CN2CC(N)C2)CN(c2ccc(C#N)c3nccnc23)C1.C[C@H]1C[C@@H](CC(=O)CN2CC(NC(=O)OC(C)(C)C)C2)CN(c2ccc(C#N)c3nccnc23)C1.C[C@H]1C[C@@H](N)CN(c2ccc(C#N)c3nccnc23)C1.O=C(O)CBr. The summed E-state index contributed by atoms with van der Waals surface area (Å²) in [5, 5.41) is 54.0. The molecule has 2 amide bonds. The van der Waals surface area contributed by atoms with Crippen molar-refractivity contribution >= 4 is 134 Å². The van der Waals surface area contributed by atoms with Crippen LogP contribution in [0.1, 0.15) is 136 Å². The largest absolute Gasteiger partial charge is 0.481 e. The summed E-state index contributed by atoms with van der Waals surface area (Å²) < 4.78 is 10.4. The van der Waals surface area contributed by atoms with Gasteiger partial charge in [-0.1, -0.05) is 59.6 Å². The van der Waals surface area contributed by atoms with Gasteiger partial charge in [0.25, 0.3) is 0 Å². The Hall–Kier alpha value is -10.8. The van der Waals surface area contributed by atoms with E-state index in [9.17, 15) is 44.6 Å². The fourth-order valence-electron chi connectivity index (χ4n) is 17.1. The number of halogens is 2. The molecule has 0 saturated carbocycles. The van der Waals surface area contributed by atoms with Gasteiger partial charge in [0.1, 0.15) is 102 Å². The van der Waals surface area contributed by atoms with E-state index in [1.807, 2.05) is 84.0 Å². The maximum Gasteiger partial charge on any atom is 0.407 e. The number of aromatic nitrogens is 8. The van der Waals surface area contributed by atoms with Crippen LogP contribution in [0, 0.1) is 86.7 Å². The van der Waals surface area contributed by atoms with Gasteiger partial charge in [-0.25, -0.2) is 9.59 Å². The first kappa shape index (κ1) is 95.4. The fraction of sp³-hybridized carbons (Fsp3) is 0.533. The van der Waals surface area contributed by atoms with Crippen molar-refractivity contribution < 1.29 is 43.3 Å². The van der Waals surface area contributed by atoms with Crippen LogP contribution >= 0.6 is 31.9 Å². The summed E-state index contributed by atoms with van der Waals surface area (Å²) in [6.07, 6.45) is 18.3. The van der Waals surface area contributed by atoms with Crippen molar-refractivity contribution in [1.29, 1.82) is 21.0 Å². The Morgan fingerprint density at radius 3 is 0.984 bits per heavy atom. The molecule has 124 heavy (non-hydrogen) atoms. The number of hydrogen-bond donors (Lipinski definition) is 6. The minimum Gasteiger partial charge on any atom is -0.481 e. The number of ketones is 3. The number of amides is 2. The number of piperidine rings is 4. The zero-order valence-electron chi connectivity index (χ0n) is 72.4. The third-order valence-corrected chi connectivity index (χ3v) is 23.1. The van der Waals surface area contributed by atoms with E-state index < -0.39 is 23.3 Å². The molecule has 7 saturated heterocycles. The lowest BCUT2D eigenvalue weighted by molar-refractivity contribution is -0.134. The molecule has 4 aromatic heterocycles. The summed E-state index contributed by atoms with van der Waals surface area (Å²) >= 11 is 5.97. The average Bonchev–Trinajstić information content (AvgIpc) is 0.792. The number of benzene rings is 4. The molecule has 4 aromatic carbocycles. The monoisotopic (exact) mass is 1820 g/mol. The normalized spacial score (nSPS) is 21.0. The number of carbonyl (C=O) groups is 6. The summed E-state index contributed by atoms with van der Waals surface area (Å²) in [6, 6.07) is 24.5. The molecule has 7 aliphatic rings. The lowest BCUT2D eigenvalue weighted by Crippen LogP contribution is -2.60. The van der Waals surface area contributed by atoms with Gasteiger partial charge in [0.2, 0.25) is 0 Å². The van der Waals surface area contributed by atoms with Gasteiger partial charge in [-0.2, -0.15) is 21.0 Å². The van der Waals surface area contributed by atoms with Crippen LogP contribution in [0.15, 0.2) is 98.1 Å². The number of Topliss-reactive ketones (excluding diaryl/α,β-unsaturated/α-hetero) is 3. The van der Waals surface area contributed by atoms with Crippen molar-refractivity contribution in [2.75, 3.05) is 135 Å². The Kier molecular flexibility index (Phi) is 34.4. The Morgan fingerprint density at radius 2 is 0.710 bits per heavy atom. The second-order valence-electron chi connectivity index (χ2n) is 35.7. The predicted molar refractivity (Wildman–Crippen MR) is 484 cm³/mol. The lowest BCUT2D eigenvalue weighted by atomic mass is 9.86. The van der Waals surface area contributed by atoms with Crippen LogP contribution in [0.3, 0.4) is 0 Å². The molecule has 0 radical (unpaired) electrons. The van der Waals surface area contributed by atoms with Crippen LogP contribution in [0.25, 0.3) is 44.1 Å². The number of carboxylic acids is 1. The highest BCUT2D eigenvalue weighted by molar-refractivity contribution is 9.09. The van der Waals surface area contributed by atoms with Gasteiger partial charge in [0.15, 0.2) is 0 Å². The van der Waals surface area contributed by atoms with Crippen LogP contribution in [-0.4, -0.2) is 241 Å². The molecular weight excluding hydrogens is 1710 g/mol. The minimum atomic E-state index is -0.829. The van der Waals surface area contributed by atoms with Crippen LogP contribution in [0.2, 0.25) is 0 Å². The van der Waals surface area contributed by atoms with Gasteiger partial charge in [0.05, 0.1) is 75.5 Å². The number of ether oxygens (including phenoxy) is 2. The first-order valence-corrected chi connectivity index (χ1v) is 44.5. The number of nitrogens with zero attached hydrogens (tertiary/aromatic N) is 18. The number of likely N-dealkylation sites (tertiary alicyclic amines) is 2. The van der Waals surface area contributed by atoms with E-state index in [1.165, 1.54) is 0 Å². The van der Waals surface area contributed by atoms with E-state index in [0.29, 0.717) is 136 Å². The first-order chi connectivity index (χ1) is 59.2. The topological polar surface area (TPSA) is 447 Å². The molecule has 15 rings (SSSR count). The Labute approximate surface area is 741 Å². The molecule has 34 heteroatoms. The Bertz CT molecular complexity index is 5210. The summed E-state index contributed by atoms with van der Waals surface area (Å²) in [5.74, 6) is 2.88. The van der Waals surface area contributed by atoms with Gasteiger partial charge in [-0.3, -0.25) is 68.8 Å². The molecule has 0 bridgehead atoms. The molecule has 32 nitrogen and oxygen atoms in total. The zero-order valence-corrected chi connectivity index (χ0v) is 75.6. The van der Waals surface area contributed by atoms with Crippen molar-refractivity contribution in [3.8, 4) is 24.3 Å². The van der Waals surface area contributed by atoms with Gasteiger partial charge in [0, 0.05) is 173 Å². The molecule has 7 fully saturated rings. The van der Waals surface area contributed by atoms with Gasteiger partial charge >= 0.3 is 18.2 Å². The minimum absolute atomic E-state index is 0.0219. The molecular formula is C90H115Br2N23O9. The average molecular weight is 1820 g/mol. The maximum absolute atomic E-state index is 12.8. The van der Waals surface area contributed by atoms with Gasteiger partial charge in [-0.05, 0) is 157 Å². The summed E-state index contributed by atoms with van der Waals surface area (Å²) in [5.41, 5.74) is 22.8. The van der Waals surface area contributed by atoms with Crippen molar-refractivity contribution in [3.63, 3.8) is 0 Å². The highest BCUT2D eigenvalue weighted by Gasteiger charge is 2.36. The van der Waals surface area contributed by atoms with E-state index >= 15 is 0 Å². The summed E-state index contributed by atoms with van der Waals surface area (Å²) in [4.78, 5) is 118. The second-order valence-corrected chi connectivity index (χ2v) is 36.8. The molecule has 11 heterocycles. The van der Waals surface area contributed by atoms with E-state index in [4.69, 9.17) is 31.3 Å². The molecule has 8 N–H and O–H groups in total. The van der Waals surface area contributed by atoms with Gasteiger partial charge < -0.3 is 61.6 Å². The van der Waals surface area contributed by atoms with Gasteiger partial charge in [-0.15, -0.1) is 0 Å². The number of alkyl halides is 2. The number of nitrogens with two attached hydrogens (primary N) is 2. The third-order valence-electron chi connectivity index (χ3n) is 22.0. The molecule has 0 unspecified atom stereocenters. The number of nitrogens with one attached hydrogen (secondary N) is 3. The van der Waals surface area contributed by atoms with E-state index in [1.54, 1.807) is 55.6 Å². The number of fused-ring (bicyclic) bond motifs is 4. The molecule has 7 aliphatic heterocycles. The number of hydrogen-bond acceptors (Lipinski definition) is 29. The van der Waals surface area contributed by atoms with Crippen molar-refractivity contribution in [2.45, 2.75) is 150 Å². The second kappa shape index (κ2) is 44.7. The van der Waals surface area contributed by atoms with E-state index in [2.05, 4.69) is 169 Å². The number of aliphatic carboxylic acids is 1. The van der Waals surface area contributed by atoms with Crippen molar-refractivity contribution in [3.05, 3.63) is 120 Å². The van der Waals surface area contributed by atoms with Crippen LogP contribution in [0.4, 0.5) is 32.3 Å². The number of rotatable bonds is 18. The van der Waals surface area contributed by atoms with Crippen molar-refractivity contribution in [1.82, 2.24) is 65.6 Å². The highest BCUT2D eigenvalue weighted by atomic mass is 79.9. The smallest absolute Gasteiger partial charge is 0.407 e. The van der Waals surface area contributed by atoms with E-state index in [-0.39, 0.29) is 53.1 Å². The lowest BCUT2D eigenvalue weighted by Gasteiger charge is -2.40. The molecule has 658 valence electrons. The molecule has 0 spiro atoms. The Balaban J connectivity index is 0.000000165. The van der Waals surface area contributed by atoms with Crippen LogP contribution in [0.5, 0.6) is 0 Å². The number of carbonyl (C=O) groups excluding carboxylic acids is 5. The number of alkyl carbamates (subject to hydrolysis) is 2. The fourth-order valence-corrected chi connectivity index (χ4v) is 17.4. The third kappa shape index (κ3) is 27.6. The van der Waals surface area contributed by atoms with Crippen molar-refractivity contribution in [2.24, 2.45) is 52.9 Å².